The molecule has 11 heteroatoms. The van der Waals surface area contributed by atoms with E-state index in [-0.39, 0.29) is 17.8 Å². The second-order valence-electron chi connectivity index (χ2n) is 7.64. The monoisotopic (exact) mass is 476 g/mol. The summed E-state index contributed by atoms with van der Waals surface area (Å²) in [6.45, 7) is 0. The summed E-state index contributed by atoms with van der Waals surface area (Å²) >= 11 is 0. The minimum absolute atomic E-state index is 0.0145. The number of ether oxygens (including phenoxy) is 3. The van der Waals surface area contributed by atoms with Crippen LogP contribution in [-0.2, 0) is 0 Å². The minimum Gasteiger partial charge on any atom is -0.497 e. The van der Waals surface area contributed by atoms with Crippen LogP contribution in [0.2, 0.25) is 0 Å². The fraction of sp³-hybridized carbons (Fsp3) is 0.304. The fourth-order valence-corrected chi connectivity index (χ4v) is 3.92. The number of hydrogen-bond acceptors (Lipinski definition) is 6. The molecule has 0 fully saturated rings. The lowest BCUT2D eigenvalue weighted by Crippen LogP contribution is -2.36. The Morgan fingerprint density at radius 2 is 1.85 bits per heavy atom. The Balaban J connectivity index is 1.67. The number of benzene rings is 2. The Morgan fingerprint density at radius 3 is 2.53 bits per heavy atom. The molecule has 4 rings (SSSR count). The summed E-state index contributed by atoms with van der Waals surface area (Å²) in [7, 11) is 4.42. The number of fused-ring (bicyclic) bond motifs is 1. The number of amides is 1. The van der Waals surface area contributed by atoms with Crippen LogP contribution in [0.3, 0.4) is 0 Å². The molecular weight excluding hydrogens is 453 g/mol. The molecule has 0 aliphatic carbocycles. The summed E-state index contributed by atoms with van der Waals surface area (Å²) in [5, 5.41) is 9.63. The lowest BCUT2D eigenvalue weighted by atomic mass is 9.96. The van der Waals surface area contributed by atoms with Gasteiger partial charge in [-0.15, -0.1) is 0 Å². The first-order chi connectivity index (χ1) is 16.2. The van der Waals surface area contributed by atoms with Crippen LogP contribution in [0.1, 0.15) is 34.4 Å². The van der Waals surface area contributed by atoms with Crippen molar-refractivity contribution >= 4 is 17.4 Å². The molecule has 34 heavy (non-hydrogen) atoms. The molecule has 180 valence electrons. The highest BCUT2D eigenvalue weighted by atomic mass is 19.4. The molecule has 0 saturated carbocycles. The van der Waals surface area contributed by atoms with Crippen LogP contribution in [0.4, 0.5) is 24.7 Å². The molecule has 0 saturated heterocycles. The van der Waals surface area contributed by atoms with Crippen LogP contribution < -0.4 is 24.8 Å². The first kappa shape index (κ1) is 23.3. The summed E-state index contributed by atoms with van der Waals surface area (Å²) < 4.78 is 58.2. The molecule has 1 aliphatic rings. The summed E-state index contributed by atoms with van der Waals surface area (Å²) in [4.78, 5) is 13.0. The number of hydrogen-bond donors (Lipinski definition) is 2. The molecule has 1 amide bonds. The van der Waals surface area contributed by atoms with E-state index >= 15 is 0 Å². The summed E-state index contributed by atoms with van der Waals surface area (Å²) in [5.74, 6) is 0.755. The third-order valence-corrected chi connectivity index (χ3v) is 5.62. The van der Waals surface area contributed by atoms with Crippen molar-refractivity contribution in [3.05, 3.63) is 59.8 Å². The SMILES string of the molecule is COc1cccc([C@H]2C[C@@H](C(F)(F)F)n3ncc(C(=O)Nc4ccc(OC)c(OC)c4)c3N2)c1. The van der Waals surface area contributed by atoms with Crippen molar-refractivity contribution in [3.63, 3.8) is 0 Å². The maximum atomic E-state index is 13.9. The van der Waals surface area contributed by atoms with Gasteiger partial charge in [0.2, 0.25) is 0 Å². The van der Waals surface area contributed by atoms with E-state index in [0.29, 0.717) is 28.5 Å². The molecular formula is C23H23F3N4O4. The van der Waals surface area contributed by atoms with E-state index in [9.17, 15) is 18.0 Å². The van der Waals surface area contributed by atoms with Gasteiger partial charge in [0, 0.05) is 18.2 Å². The zero-order valence-electron chi connectivity index (χ0n) is 18.6. The topological polar surface area (TPSA) is 86.6 Å². The van der Waals surface area contributed by atoms with Gasteiger partial charge in [0.25, 0.3) is 5.91 Å². The van der Waals surface area contributed by atoms with Gasteiger partial charge in [0.15, 0.2) is 17.5 Å². The molecule has 2 aromatic carbocycles. The van der Waals surface area contributed by atoms with E-state index in [1.54, 1.807) is 42.5 Å². The van der Waals surface area contributed by atoms with Gasteiger partial charge in [-0.25, -0.2) is 4.68 Å². The van der Waals surface area contributed by atoms with Crippen molar-refractivity contribution < 1.29 is 32.2 Å². The van der Waals surface area contributed by atoms with Gasteiger partial charge < -0.3 is 24.8 Å². The first-order valence-electron chi connectivity index (χ1n) is 10.3. The van der Waals surface area contributed by atoms with Crippen molar-refractivity contribution in [1.29, 1.82) is 0 Å². The van der Waals surface area contributed by atoms with E-state index in [0.717, 1.165) is 10.9 Å². The Morgan fingerprint density at radius 1 is 1.09 bits per heavy atom. The largest absolute Gasteiger partial charge is 0.497 e. The number of nitrogens with zero attached hydrogens (tertiary/aromatic N) is 2. The zero-order chi connectivity index (χ0) is 24.5. The van der Waals surface area contributed by atoms with Crippen LogP contribution in [0.25, 0.3) is 0 Å². The Kier molecular flexibility index (Phi) is 6.27. The van der Waals surface area contributed by atoms with Crippen LogP contribution in [0.15, 0.2) is 48.7 Å². The number of halogens is 3. The van der Waals surface area contributed by atoms with Gasteiger partial charge in [-0.3, -0.25) is 4.79 Å². The maximum Gasteiger partial charge on any atom is 0.410 e. The predicted octanol–water partition coefficient (Wildman–Crippen LogP) is 4.82. The predicted molar refractivity (Wildman–Crippen MR) is 119 cm³/mol. The van der Waals surface area contributed by atoms with E-state index in [2.05, 4.69) is 15.7 Å². The van der Waals surface area contributed by atoms with Crippen molar-refractivity contribution in [3.8, 4) is 17.2 Å². The first-order valence-corrected chi connectivity index (χ1v) is 10.3. The van der Waals surface area contributed by atoms with Crippen LogP contribution >= 0.6 is 0 Å². The average Bonchev–Trinajstić information content (AvgIpc) is 3.26. The van der Waals surface area contributed by atoms with Crippen molar-refractivity contribution in [2.45, 2.75) is 24.7 Å². The highest BCUT2D eigenvalue weighted by molar-refractivity contribution is 6.07. The molecule has 0 bridgehead atoms. The van der Waals surface area contributed by atoms with Crippen LogP contribution in [-0.4, -0.2) is 43.2 Å². The molecule has 0 radical (unpaired) electrons. The van der Waals surface area contributed by atoms with Crippen molar-refractivity contribution in [1.82, 2.24) is 9.78 Å². The van der Waals surface area contributed by atoms with Gasteiger partial charge in [-0.2, -0.15) is 18.3 Å². The molecule has 8 nitrogen and oxygen atoms in total. The van der Waals surface area contributed by atoms with Crippen LogP contribution in [0.5, 0.6) is 17.2 Å². The second kappa shape index (κ2) is 9.16. The second-order valence-corrected chi connectivity index (χ2v) is 7.64. The molecule has 1 aliphatic heterocycles. The highest BCUT2D eigenvalue weighted by Crippen LogP contribution is 2.44. The number of methoxy groups -OCH3 is 3. The normalized spacial score (nSPS) is 17.4. The van der Waals surface area contributed by atoms with Gasteiger partial charge in [0.1, 0.15) is 17.1 Å². The lowest BCUT2D eigenvalue weighted by Gasteiger charge is -2.34. The van der Waals surface area contributed by atoms with E-state index in [4.69, 9.17) is 14.2 Å². The molecule has 2 heterocycles. The number of anilines is 2. The Labute approximate surface area is 193 Å². The number of carbonyl (C=O) groups is 1. The standard InChI is InChI=1S/C23H23F3N4O4/c1-32-15-6-4-5-13(9-15)17-11-20(23(24,25)26)30-21(29-17)16(12-27-30)22(31)28-14-7-8-18(33-2)19(10-14)34-3/h4-10,12,17,20,29H,11H2,1-3H3,(H,28,31)/t17-,20+/m1/s1. The molecule has 3 aromatic rings. The van der Waals surface area contributed by atoms with E-state index in [1.165, 1.54) is 21.3 Å². The number of aromatic nitrogens is 2. The van der Waals surface area contributed by atoms with Crippen molar-refractivity contribution in [2.24, 2.45) is 0 Å². The smallest absolute Gasteiger partial charge is 0.410 e. The van der Waals surface area contributed by atoms with Gasteiger partial charge in [0.05, 0.1) is 33.6 Å². The number of rotatable bonds is 6. The molecule has 0 unspecified atom stereocenters. The molecule has 2 N–H and O–H groups in total. The minimum atomic E-state index is -4.56. The van der Waals surface area contributed by atoms with Gasteiger partial charge in [-0.05, 0) is 29.8 Å². The lowest BCUT2D eigenvalue weighted by molar-refractivity contribution is -0.173. The zero-order valence-corrected chi connectivity index (χ0v) is 18.6. The quantitative estimate of drug-likeness (QED) is 0.531. The molecule has 1 aromatic heterocycles. The van der Waals surface area contributed by atoms with Crippen LogP contribution in [0, 0.1) is 0 Å². The number of nitrogens with one attached hydrogen (secondary N) is 2. The molecule has 0 spiro atoms. The summed E-state index contributed by atoms with van der Waals surface area (Å²) in [5.41, 5.74) is 0.971. The third kappa shape index (κ3) is 4.45. The number of alkyl halides is 3. The fourth-order valence-electron chi connectivity index (χ4n) is 3.92. The van der Waals surface area contributed by atoms with E-state index < -0.39 is 24.2 Å². The summed E-state index contributed by atoms with van der Waals surface area (Å²) in [6, 6.07) is 8.94. The average molecular weight is 476 g/mol. The van der Waals surface area contributed by atoms with E-state index in [1.807, 2.05) is 0 Å². The summed E-state index contributed by atoms with van der Waals surface area (Å²) in [6.07, 6.45) is -3.72. The maximum absolute atomic E-state index is 13.9. The van der Waals surface area contributed by atoms with Crippen molar-refractivity contribution in [2.75, 3.05) is 32.0 Å². The Bertz CT molecular complexity index is 1200. The molecule has 2 atom stereocenters. The highest BCUT2D eigenvalue weighted by Gasteiger charge is 2.47. The van der Waals surface area contributed by atoms with Gasteiger partial charge in [-0.1, -0.05) is 12.1 Å². The third-order valence-electron chi connectivity index (χ3n) is 5.62. The van der Waals surface area contributed by atoms with Gasteiger partial charge >= 0.3 is 6.18 Å². The Hall–Kier alpha value is -3.89. The number of carbonyl (C=O) groups excluding carboxylic acids is 1.